The van der Waals surface area contributed by atoms with Gasteiger partial charge in [0.15, 0.2) is 5.58 Å². The van der Waals surface area contributed by atoms with Crippen molar-refractivity contribution in [3.63, 3.8) is 0 Å². The molecule has 9 heteroatoms. The van der Waals surface area contributed by atoms with Crippen molar-refractivity contribution < 1.29 is 22.4 Å². The molecule has 0 unspecified atom stereocenters. The summed E-state index contributed by atoms with van der Waals surface area (Å²) in [5.74, 6) is 0.602. The van der Waals surface area contributed by atoms with Crippen molar-refractivity contribution >= 4 is 38.4 Å². The SMILES string of the molecule is COc1ccc(S(=O)(=O)Nc2cccc(C(=O)Nc3cccc(-c4nc5ccccc5o4)c3)c2)cc1. The van der Waals surface area contributed by atoms with E-state index in [1.165, 1.54) is 25.3 Å². The molecule has 0 saturated carbocycles. The summed E-state index contributed by atoms with van der Waals surface area (Å²) in [6.07, 6.45) is 0. The zero-order valence-electron chi connectivity index (χ0n) is 19.1. The van der Waals surface area contributed by atoms with E-state index in [2.05, 4.69) is 15.0 Å². The molecular weight excluding hydrogens is 478 g/mol. The number of hydrogen-bond acceptors (Lipinski definition) is 6. The summed E-state index contributed by atoms with van der Waals surface area (Å²) in [5.41, 5.74) is 3.23. The van der Waals surface area contributed by atoms with Crippen molar-refractivity contribution in [1.29, 1.82) is 0 Å². The lowest BCUT2D eigenvalue weighted by Gasteiger charge is -2.11. The number of sulfonamides is 1. The van der Waals surface area contributed by atoms with E-state index < -0.39 is 15.9 Å². The average Bonchev–Trinajstić information content (AvgIpc) is 3.33. The van der Waals surface area contributed by atoms with E-state index >= 15 is 0 Å². The van der Waals surface area contributed by atoms with Crippen LogP contribution in [0.25, 0.3) is 22.6 Å². The van der Waals surface area contributed by atoms with Crippen LogP contribution in [-0.2, 0) is 10.0 Å². The lowest BCUT2D eigenvalue weighted by atomic mass is 10.1. The fraction of sp³-hybridized carbons (Fsp3) is 0.0370. The van der Waals surface area contributed by atoms with E-state index in [1.807, 2.05) is 30.3 Å². The van der Waals surface area contributed by atoms with Crippen LogP contribution in [0.15, 0.2) is 106 Å². The second kappa shape index (κ2) is 9.55. The molecule has 0 spiro atoms. The average molecular weight is 500 g/mol. The van der Waals surface area contributed by atoms with Crippen LogP contribution in [0.4, 0.5) is 11.4 Å². The molecule has 1 heterocycles. The molecule has 1 aromatic heterocycles. The van der Waals surface area contributed by atoms with Gasteiger partial charge in [-0.25, -0.2) is 13.4 Å². The summed E-state index contributed by atoms with van der Waals surface area (Å²) in [4.78, 5) is 17.5. The minimum absolute atomic E-state index is 0.0779. The molecule has 0 fully saturated rings. The van der Waals surface area contributed by atoms with Crippen LogP contribution in [0.3, 0.4) is 0 Å². The standard InChI is InChI=1S/C27H21N3O5S/c1-34-22-12-14-23(15-13-22)36(32,33)30-21-9-4-6-18(16-21)26(31)28-20-8-5-7-19(17-20)27-29-24-10-2-3-11-25(24)35-27/h2-17,30H,1H3,(H,28,31). The van der Waals surface area contributed by atoms with E-state index in [-0.39, 0.29) is 16.1 Å². The smallest absolute Gasteiger partial charge is 0.261 e. The zero-order chi connectivity index (χ0) is 25.1. The van der Waals surface area contributed by atoms with Crippen LogP contribution in [0.2, 0.25) is 0 Å². The molecule has 2 N–H and O–H groups in total. The Kier molecular flexibility index (Phi) is 6.14. The maximum absolute atomic E-state index is 12.9. The fourth-order valence-electron chi connectivity index (χ4n) is 3.62. The molecule has 0 radical (unpaired) electrons. The first-order valence-corrected chi connectivity index (χ1v) is 12.4. The number of nitrogens with zero attached hydrogens (tertiary/aromatic N) is 1. The Hall–Kier alpha value is -4.63. The molecule has 0 bridgehead atoms. The summed E-state index contributed by atoms with van der Waals surface area (Å²) < 4.78 is 38.9. The zero-order valence-corrected chi connectivity index (χ0v) is 20.0. The molecule has 36 heavy (non-hydrogen) atoms. The molecule has 8 nitrogen and oxygen atoms in total. The highest BCUT2D eigenvalue weighted by Gasteiger charge is 2.16. The minimum Gasteiger partial charge on any atom is -0.497 e. The van der Waals surface area contributed by atoms with Gasteiger partial charge in [-0.05, 0) is 72.8 Å². The van der Waals surface area contributed by atoms with Gasteiger partial charge in [-0.3, -0.25) is 9.52 Å². The Labute approximate surface area is 207 Å². The molecule has 1 amide bonds. The molecule has 5 aromatic rings. The number of hydrogen-bond donors (Lipinski definition) is 2. The summed E-state index contributed by atoms with van der Waals surface area (Å²) in [6, 6.07) is 26.9. The monoisotopic (exact) mass is 499 g/mol. The number of methoxy groups -OCH3 is 1. The molecule has 180 valence electrons. The number of carbonyl (C=O) groups is 1. The number of rotatable bonds is 7. The van der Waals surface area contributed by atoms with Crippen molar-refractivity contribution in [2.24, 2.45) is 0 Å². The lowest BCUT2D eigenvalue weighted by Crippen LogP contribution is -2.15. The molecule has 0 saturated heterocycles. The van der Waals surface area contributed by atoms with Crippen molar-refractivity contribution in [2.75, 3.05) is 17.1 Å². The van der Waals surface area contributed by atoms with Gasteiger partial charge in [0.2, 0.25) is 5.89 Å². The van der Waals surface area contributed by atoms with Gasteiger partial charge in [0.05, 0.1) is 12.0 Å². The molecule has 0 aliphatic heterocycles. The number of carbonyl (C=O) groups excluding carboxylic acids is 1. The molecule has 0 aliphatic rings. The van der Waals surface area contributed by atoms with Crippen LogP contribution in [0.1, 0.15) is 10.4 Å². The summed E-state index contributed by atoms with van der Waals surface area (Å²) in [7, 11) is -2.34. The Morgan fingerprint density at radius 2 is 1.61 bits per heavy atom. The van der Waals surface area contributed by atoms with Gasteiger partial charge >= 0.3 is 0 Å². The number of amides is 1. The van der Waals surface area contributed by atoms with Gasteiger partial charge in [0, 0.05) is 22.5 Å². The number of benzene rings is 4. The Morgan fingerprint density at radius 1 is 0.861 bits per heavy atom. The van der Waals surface area contributed by atoms with E-state index in [1.54, 1.807) is 48.5 Å². The normalized spacial score (nSPS) is 11.2. The first-order valence-electron chi connectivity index (χ1n) is 11.0. The van der Waals surface area contributed by atoms with Gasteiger partial charge in [0.25, 0.3) is 15.9 Å². The highest BCUT2D eigenvalue weighted by atomic mass is 32.2. The Balaban J connectivity index is 1.32. The summed E-state index contributed by atoms with van der Waals surface area (Å²) >= 11 is 0. The third kappa shape index (κ3) is 4.91. The van der Waals surface area contributed by atoms with Gasteiger partial charge in [-0.2, -0.15) is 0 Å². The first-order chi connectivity index (χ1) is 17.4. The molecular formula is C27H21N3O5S. The number of nitrogens with one attached hydrogen (secondary N) is 2. The van der Waals surface area contributed by atoms with Gasteiger partial charge in [-0.1, -0.05) is 24.3 Å². The number of anilines is 2. The fourth-order valence-corrected chi connectivity index (χ4v) is 4.67. The third-order valence-electron chi connectivity index (χ3n) is 5.41. The number of para-hydroxylation sites is 2. The predicted octanol–water partition coefficient (Wildman–Crippen LogP) is 5.56. The Bertz CT molecular complexity index is 1630. The van der Waals surface area contributed by atoms with Crippen molar-refractivity contribution in [3.05, 3.63) is 103 Å². The second-order valence-corrected chi connectivity index (χ2v) is 9.57. The number of fused-ring (bicyclic) bond motifs is 1. The van der Waals surface area contributed by atoms with Gasteiger partial charge in [-0.15, -0.1) is 0 Å². The molecule has 4 aromatic carbocycles. The lowest BCUT2D eigenvalue weighted by molar-refractivity contribution is 0.102. The van der Waals surface area contributed by atoms with E-state index in [9.17, 15) is 13.2 Å². The van der Waals surface area contributed by atoms with E-state index in [4.69, 9.17) is 9.15 Å². The van der Waals surface area contributed by atoms with Crippen LogP contribution in [0.5, 0.6) is 5.75 Å². The highest BCUT2D eigenvalue weighted by Crippen LogP contribution is 2.26. The highest BCUT2D eigenvalue weighted by molar-refractivity contribution is 7.92. The number of ether oxygens (including phenoxy) is 1. The van der Waals surface area contributed by atoms with Crippen molar-refractivity contribution in [2.45, 2.75) is 4.90 Å². The minimum atomic E-state index is -3.84. The summed E-state index contributed by atoms with van der Waals surface area (Å²) in [5, 5.41) is 2.84. The largest absolute Gasteiger partial charge is 0.497 e. The number of oxazole rings is 1. The van der Waals surface area contributed by atoms with E-state index in [0.717, 1.165) is 5.52 Å². The van der Waals surface area contributed by atoms with Gasteiger partial charge in [0.1, 0.15) is 11.3 Å². The third-order valence-corrected chi connectivity index (χ3v) is 6.81. The first kappa shape index (κ1) is 23.1. The molecule has 5 rings (SSSR count). The number of aromatic nitrogens is 1. The Morgan fingerprint density at radius 3 is 2.39 bits per heavy atom. The second-order valence-electron chi connectivity index (χ2n) is 7.88. The maximum atomic E-state index is 12.9. The molecule has 0 aliphatic carbocycles. The quantitative estimate of drug-likeness (QED) is 0.303. The topological polar surface area (TPSA) is 111 Å². The molecule has 0 atom stereocenters. The van der Waals surface area contributed by atoms with Crippen LogP contribution in [0, 0.1) is 0 Å². The summed E-state index contributed by atoms with van der Waals surface area (Å²) in [6.45, 7) is 0. The maximum Gasteiger partial charge on any atom is 0.261 e. The van der Waals surface area contributed by atoms with Gasteiger partial charge < -0.3 is 14.5 Å². The predicted molar refractivity (Wildman–Crippen MR) is 138 cm³/mol. The van der Waals surface area contributed by atoms with Crippen LogP contribution < -0.4 is 14.8 Å². The van der Waals surface area contributed by atoms with Crippen molar-refractivity contribution in [3.8, 4) is 17.2 Å². The van der Waals surface area contributed by atoms with E-state index in [0.29, 0.717) is 28.5 Å². The van der Waals surface area contributed by atoms with Crippen LogP contribution in [-0.4, -0.2) is 26.4 Å². The van der Waals surface area contributed by atoms with Crippen LogP contribution >= 0.6 is 0 Å². The van der Waals surface area contributed by atoms with Crippen molar-refractivity contribution in [1.82, 2.24) is 4.98 Å².